The Morgan fingerprint density at radius 1 is 1.27 bits per heavy atom. The van der Waals surface area contributed by atoms with Crippen LogP contribution in [0, 0.1) is 0 Å². The van der Waals surface area contributed by atoms with Crippen LogP contribution in [0.5, 0.6) is 5.75 Å². The quantitative estimate of drug-likeness (QED) is 0.893. The first-order valence-electron chi connectivity index (χ1n) is 4.53. The summed E-state index contributed by atoms with van der Waals surface area (Å²) in [6, 6.07) is 5.65. The van der Waals surface area contributed by atoms with E-state index in [1.807, 2.05) is 12.1 Å². The zero-order valence-electron chi connectivity index (χ0n) is 7.95. The van der Waals surface area contributed by atoms with Crippen LogP contribution in [0.4, 0.5) is 0 Å². The van der Waals surface area contributed by atoms with E-state index in [2.05, 4.69) is 0 Å². The molecule has 0 amide bonds. The van der Waals surface area contributed by atoms with E-state index in [1.54, 1.807) is 6.07 Å². The zero-order valence-corrected chi connectivity index (χ0v) is 10.3. The lowest BCUT2D eigenvalue weighted by atomic mass is 9.90. The monoisotopic (exact) mass is 267 g/mol. The summed E-state index contributed by atoms with van der Waals surface area (Å²) in [5.41, 5.74) is 5.65. The Morgan fingerprint density at radius 3 is 2.53 bits per heavy atom. The lowest BCUT2D eigenvalue weighted by molar-refractivity contribution is 0.101. The van der Waals surface area contributed by atoms with E-state index in [-0.39, 0.29) is 24.6 Å². The van der Waals surface area contributed by atoms with Gasteiger partial charge >= 0.3 is 0 Å². The Morgan fingerprint density at radius 2 is 1.93 bits per heavy atom. The third-order valence-corrected chi connectivity index (χ3v) is 3.14. The Labute approximate surface area is 105 Å². The topological polar surface area (TPSA) is 35.2 Å². The first kappa shape index (κ1) is 12.9. The van der Waals surface area contributed by atoms with Gasteiger partial charge in [-0.15, -0.1) is 12.4 Å². The molecule has 2 rings (SSSR count). The summed E-state index contributed by atoms with van der Waals surface area (Å²) in [5.74, 6) is 0.649. The third kappa shape index (κ3) is 2.91. The van der Waals surface area contributed by atoms with Crippen molar-refractivity contribution in [2.24, 2.45) is 5.73 Å². The zero-order chi connectivity index (χ0) is 10.1. The van der Waals surface area contributed by atoms with Crippen LogP contribution in [-0.4, -0.2) is 12.1 Å². The smallest absolute Gasteiger partial charge is 0.139 e. The van der Waals surface area contributed by atoms with Crippen LogP contribution in [0.1, 0.15) is 12.8 Å². The molecule has 1 aromatic carbocycles. The molecule has 1 fully saturated rings. The summed E-state index contributed by atoms with van der Waals surface area (Å²) in [5, 5.41) is 1.00. The van der Waals surface area contributed by atoms with Crippen LogP contribution < -0.4 is 10.5 Å². The largest absolute Gasteiger partial charge is 0.489 e. The average molecular weight is 269 g/mol. The van der Waals surface area contributed by atoms with E-state index in [0.29, 0.717) is 15.8 Å². The summed E-state index contributed by atoms with van der Waals surface area (Å²) in [6.07, 6.45) is 1.98. The standard InChI is InChI=1S/C10H11Cl2NO.ClH/c11-8-2-1-3-9(10(8)12)14-7-4-6(13)5-7;/h1-3,6-7H,4-5,13H2;1H. The van der Waals surface area contributed by atoms with Crippen molar-refractivity contribution in [3.05, 3.63) is 28.2 Å². The molecule has 0 radical (unpaired) electrons. The van der Waals surface area contributed by atoms with Crippen molar-refractivity contribution >= 4 is 35.6 Å². The first-order chi connectivity index (χ1) is 6.66. The second-order valence-corrected chi connectivity index (χ2v) is 4.31. The first-order valence-corrected chi connectivity index (χ1v) is 5.28. The molecule has 0 heterocycles. The van der Waals surface area contributed by atoms with E-state index in [1.165, 1.54) is 0 Å². The molecule has 0 aromatic heterocycles. The van der Waals surface area contributed by atoms with Crippen molar-refractivity contribution in [2.45, 2.75) is 25.0 Å². The highest BCUT2D eigenvalue weighted by Gasteiger charge is 2.28. The fourth-order valence-electron chi connectivity index (χ4n) is 1.46. The van der Waals surface area contributed by atoms with Gasteiger partial charge < -0.3 is 10.5 Å². The van der Waals surface area contributed by atoms with Crippen LogP contribution in [0.15, 0.2) is 18.2 Å². The second-order valence-electron chi connectivity index (χ2n) is 3.52. The summed E-state index contributed by atoms with van der Waals surface area (Å²) >= 11 is 11.8. The lowest BCUT2D eigenvalue weighted by Crippen LogP contribution is -2.43. The maximum atomic E-state index is 5.97. The minimum Gasteiger partial charge on any atom is -0.489 e. The lowest BCUT2D eigenvalue weighted by Gasteiger charge is -2.32. The van der Waals surface area contributed by atoms with E-state index >= 15 is 0 Å². The van der Waals surface area contributed by atoms with Gasteiger partial charge in [0, 0.05) is 6.04 Å². The van der Waals surface area contributed by atoms with Crippen molar-refractivity contribution in [2.75, 3.05) is 0 Å². The number of rotatable bonds is 2. The molecule has 1 saturated carbocycles. The van der Waals surface area contributed by atoms with E-state index in [4.69, 9.17) is 33.7 Å². The molecule has 1 aromatic rings. The van der Waals surface area contributed by atoms with Gasteiger partial charge in [0.25, 0.3) is 0 Å². The predicted molar refractivity (Wildman–Crippen MR) is 65.3 cm³/mol. The van der Waals surface area contributed by atoms with Gasteiger partial charge in [0.2, 0.25) is 0 Å². The highest BCUT2D eigenvalue weighted by Crippen LogP contribution is 2.34. The summed E-state index contributed by atoms with van der Waals surface area (Å²) in [7, 11) is 0. The number of hydrogen-bond acceptors (Lipinski definition) is 2. The van der Waals surface area contributed by atoms with Gasteiger partial charge in [0.05, 0.1) is 5.02 Å². The predicted octanol–water partition coefficient (Wildman–Crippen LogP) is 3.28. The number of nitrogens with two attached hydrogens (primary N) is 1. The molecule has 2 N–H and O–H groups in total. The fourth-order valence-corrected chi connectivity index (χ4v) is 1.79. The summed E-state index contributed by atoms with van der Waals surface area (Å²) in [4.78, 5) is 0. The molecule has 0 spiro atoms. The Hall–Kier alpha value is -0.150. The van der Waals surface area contributed by atoms with Crippen molar-refractivity contribution in [1.82, 2.24) is 0 Å². The van der Waals surface area contributed by atoms with E-state index in [9.17, 15) is 0 Å². The van der Waals surface area contributed by atoms with E-state index < -0.39 is 0 Å². The molecule has 84 valence electrons. The van der Waals surface area contributed by atoms with Crippen LogP contribution >= 0.6 is 35.6 Å². The minimum absolute atomic E-state index is 0. The number of benzene rings is 1. The van der Waals surface area contributed by atoms with Crippen molar-refractivity contribution < 1.29 is 4.74 Å². The minimum atomic E-state index is 0. The number of ether oxygens (including phenoxy) is 1. The van der Waals surface area contributed by atoms with Gasteiger partial charge in [0.15, 0.2) is 0 Å². The highest BCUT2D eigenvalue weighted by molar-refractivity contribution is 6.42. The van der Waals surface area contributed by atoms with Gasteiger partial charge in [-0.1, -0.05) is 29.3 Å². The third-order valence-electron chi connectivity index (χ3n) is 2.34. The normalized spacial score (nSPS) is 23.9. The molecule has 1 aliphatic carbocycles. The average Bonchev–Trinajstić information content (AvgIpc) is 2.10. The van der Waals surface area contributed by atoms with Crippen LogP contribution in [-0.2, 0) is 0 Å². The van der Waals surface area contributed by atoms with Gasteiger partial charge in [-0.05, 0) is 25.0 Å². The Balaban J connectivity index is 0.00000112. The van der Waals surface area contributed by atoms with Crippen molar-refractivity contribution in [3.63, 3.8) is 0 Å². The Kier molecular flexibility index (Phi) is 4.53. The molecule has 15 heavy (non-hydrogen) atoms. The molecule has 0 bridgehead atoms. The summed E-state index contributed by atoms with van der Waals surface area (Å²) in [6.45, 7) is 0. The number of hydrogen-bond donors (Lipinski definition) is 1. The Bertz CT molecular complexity index is 339. The van der Waals surface area contributed by atoms with Crippen LogP contribution in [0.3, 0.4) is 0 Å². The molecule has 0 saturated heterocycles. The van der Waals surface area contributed by atoms with Gasteiger partial charge in [0.1, 0.15) is 16.9 Å². The van der Waals surface area contributed by atoms with E-state index in [0.717, 1.165) is 12.8 Å². The molecule has 1 aliphatic rings. The fraction of sp³-hybridized carbons (Fsp3) is 0.400. The van der Waals surface area contributed by atoms with Crippen molar-refractivity contribution in [1.29, 1.82) is 0 Å². The molecular weight excluding hydrogens is 256 g/mol. The molecule has 2 nitrogen and oxygen atoms in total. The highest BCUT2D eigenvalue weighted by atomic mass is 35.5. The van der Waals surface area contributed by atoms with Crippen molar-refractivity contribution in [3.8, 4) is 5.75 Å². The molecule has 0 aliphatic heterocycles. The van der Waals surface area contributed by atoms with Crippen LogP contribution in [0.25, 0.3) is 0 Å². The SMILES string of the molecule is Cl.NC1CC(Oc2cccc(Cl)c2Cl)C1. The molecule has 0 unspecified atom stereocenters. The maximum absolute atomic E-state index is 5.97. The summed E-state index contributed by atoms with van der Waals surface area (Å²) < 4.78 is 5.64. The second kappa shape index (κ2) is 5.26. The molecular formula is C10H12Cl3NO. The van der Waals surface area contributed by atoms with Gasteiger partial charge in [-0.2, -0.15) is 0 Å². The number of halogens is 3. The van der Waals surface area contributed by atoms with Gasteiger partial charge in [-0.3, -0.25) is 0 Å². The van der Waals surface area contributed by atoms with Crippen LogP contribution in [0.2, 0.25) is 10.0 Å². The molecule has 0 atom stereocenters. The maximum Gasteiger partial charge on any atom is 0.139 e. The molecule has 5 heteroatoms. The van der Waals surface area contributed by atoms with Gasteiger partial charge in [-0.25, -0.2) is 0 Å².